The highest BCUT2D eigenvalue weighted by Crippen LogP contribution is 2.40. The zero-order chi connectivity index (χ0) is 36.2. The van der Waals surface area contributed by atoms with Crippen molar-refractivity contribution in [3.63, 3.8) is 0 Å². The standard InChI is InChI=1S/C45H60O7/c1-2-3-4-5-6-10-17-40-24-26-44(27-25-40)51-38-36-49-34-32-47-30-28-46-29-31-48-33-35-50-37-39-52-45(41-18-11-7-12-19-41,42-20-13-8-14-21-42)43-22-15-9-16-23-43/h7-9,11-16,18-27H,2-6,10,17,28-39H2,1H3. The van der Waals surface area contributed by atoms with E-state index in [0.29, 0.717) is 79.3 Å². The molecule has 0 heterocycles. The minimum atomic E-state index is -0.743. The first-order valence-electron chi connectivity index (χ1n) is 19.2. The predicted molar refractivity (Wildman–Crippen MR) is 208 cm³/mol. The second-order valence-electron chi connectivity index (χ2n) is 12.7. The number of ether oxygens (including phenoxy) is 7. The highest BCUT2D eigenvalue weighted by atomic mass is 16.6. The molecule has 4 aromatic rings. The van der Waals surface area contributed by atoms with Crippen LogP contribution in [0.25, 0.3) is 0 Å². The molecule has 0 amide bonds. The molecule has 4 rings (SSSR count). The number of hydrogen-bond acceptors (Lipinski definition) is 7. The third kappa shape index (κ3) is 15.2. The SMILES string of the molecule is CCCCCCCCc1ccc(OCCOCCOCCOCCOCCOCCOC(c2ccccc2)(c2ccccc2)c2ccccc2)cc1. The van der Waals surface area contributed by atoms with Gasteiger partial charge in [0.25, 0.3) is 0 Å². The number of rotatable bonds is 30. The largest absolute Gasteiger partial charge is 0.491 e. The van der Waals surface area contributed by atoms with E-state index < -0.39 is 5.60 Å². The van der Waals surface area contributed by atoms with Crippen LogP contribution in [0.2, 0.25) is 0 Å². The first-order valence-corrected chi connectivity index (χ1v) is 19.2. The summed E-state index contributed by atoms with van der Waals surface area (Å²) in [5, 5.41) is 0. The molecule has 0 fully saturated rings. The Labute approximate surface area is 312 Å². The summed E-state index contributed by atoms with van der Waals surface area (Å²) in [7, 11) is 0. The van der Waals surface area contributed by atoms with Crippen LogP contribution in [0.3, 0.4) is 0 Å². The smallest absolute Gasteiger partial charge is 0.143 e. The average Bonchev–Trinajstić information content (AvgIpc) is 3.20. The molecule has 0 aliphatic carbocycles. The summed E-state index contributed by atoms with van der Waals surface area (Å²) in [6.45, 7) is 8.27. The van der Waals surface area contributed by atoms with Crippen molar-refractivity contribution >= 4 is 0 Å². The summed E-state index contributed by atoms with van der Waals surface area (Å²) in [6, 6.07) is 39.6. The highest BCUT2D eigenvalue weighted by Gasteiger charge is 2.37. The first-order chi connectivity index (χ1) is 25.8. The van der Waals surface area contributed by atoms with Crippen LogP contribution in [0.4, 0.5) is 0 Å². The molecule has 52 heavy (non-hydrogen) atoms. The third-order valence-corrected chi connectivity index (χ3v) is 8.81. The molecule has 7 nitrogen and oxygen atoms in total. The van der Waals surface area contributed by atoms with Gasteiger partial charge >= 0.3 is 0 Å². The molecule has 7 heteroatoms. The Balaban J connectivity index is 0.961. The number of unbranched alkanes of at least 4 members (excludes halogenated alkanes) is 5. The maximum Gasteiger partial charge on any atom is 0.143 e. The molecule has 0 spiro atoms. The van der Waals surface area contributed by atoms with Crippen LogP contribution in [-0.2, 0) is 40.4 Å². The summed E-state index contributed by atoms with van der Waals surface area (Å²) >= 11 is 0. The van der Waals surface area contributed by atoms with Gasteiger partial charge in [-0.2, -0.15) is 0 Å². The van der Waals surface area contributed by atoms with Crippen LogP contribution in [0.5, 0.6) is 5.75 Å². The Morgan fingerprint density at radius 3 is 1.21 bits per heavy atom. The van der Waals surface area contributed by atoms with E-state index in [-0.39, 0.29) is 0 Å². The van der Waals surface area contributed by atoms with Gasteiger partial charge in [-0.3, -0.25) is 0 Å². The zero-order valence-corrected chi connectivity index (χ0v) is 31.3. The van der Waals surface area contributed by atoms with Gasteiger partial charge in [0.15, 0.2) is 0 Å². The molecule has 0 aromatic heterocycles. The molecule has 0 saturated carbocycles. The van der Waals surface area contributed by atoms with Gasteiger partial charge in [-0.05, 0) is 47.2 Å². The van der Waals surface area contributed by atoms with Crippen LogP contribution >= 0.6 is 0 Å². The van der Waals surface area contributed by atoms with Crippen LogP contribution in [0, 0.1) is 0 Å². The molecule has 0 N–H and O–H groups in total. The van der Waals surface area contributed by atoms with Gasteiger partial charge < -0.3 is 33.2 Å². The van der Waals surface area contributed by atoms with Gasteiger partial charge in [0, 0.05) is 0 Å². The van der Waals surface area contributed by atoms with Gasteiger partial charge in [-0.25, -0.2) is 0 Å². The molecule has 0 saturated heterocycles. The molecule has 0 bridgehead atoms. The van der Waals surface area contributed by atoms with Crippen molar-refractivity contribution in [1.82, 2.24) is 0 Å². The Bertz CT molecular complexity index is 1300. The van der Waals surface area contributed by atoms with Crippen molar-refractivity contribution < 1.29 is 33.2 Å². The molecule has 0 aliphatic heterocycles. The van der Waals surface area contributed by atoms with Crippen LogP contribution < -0.4 is 4.74 Å². The van der Waals surface area contributed by atoms with Crippen molar-refractivity contribution in [2.45, 2.75) is 57.5 Å². The summed E-state index contributed by atoms with van der Waals surface area (Å²) in [5.41, 5.74) is 3.86. The molecule has 0 atom stereocenters. The van der Waals surface area contributed by atoms with E-state index in [1.54, 1.807) is 0 Å². The summed E-state index contributed by atoms with van der Waals surface area (Å²) < 4.78 is 40.9. The summed E-state index contributed by atoms with van der Waals surface area (Å²) in [6.07, 6.45) is 9.09. The van der Waals surface area contributed by atoms with Crippen LogP contribution in [0.1, 0.15) is 67.7 Å². The Morgan fingerprint density at radius 2 is 0.769 bits per heavy atom. The van der Waals surface area contributed by atoms with Gasteiger partial charge in [-0.1, -0.05) is 142 Å². The number of hydrogen-bond donors (Lipinski definition) is 0. The van der Waals surface area contributed by atoms with Gasteiger partial charge in [0.2, 0.25) is 0 Å². The van der Waals surface area contributed by atoms with Crippen molar-refractivity contribution in [2.75, 3.05) is 79.3 Å². The molecule has 0 radical (unpaired) electrons. The molecule has 4 aromatic carbocycles. The van der Waals surface area contributed by atoms with Crippen LogP contribution in [0.15, 0.2) is 115 Å². The molecule has 282 valence electrons. The molecule has 0 unspecified atom stereocenters. The lowest BCUT2D eigenvalue weighted by molar-refractivity contribution is -0.0392. The fourth-order valence-corrected chi connectivity index (χ4v) is 6.08. The maximum absolute atomic E-state index is 6.74. The van der Waals surface area contributed by atoms with Gasteiger partial charge in [0.05, 0.1) is 72.7 Å². The van der Waals surface area contributed by atoms with E-state index >= 15 is 0 Å². The monoisotopic (exact) mass is 712 g/mol. The first kappa shape index (κ1) is 41.2. The second kappa shape index (κ2) is 26.2. The van der Waals surface area contributed by atoms with E-state index in [0.717, 1.165) is 28.9 Å². The van der Waals surface area contributed by atoms with E-state index in [1.165, 1.54) is 44.1 Å². The van der Waals surface area contributed by atoms with Crippen LogP contribution in [-0.4, -0.2) is 79.3 Å². The molecular weight excluding hydrogens is 652 g/mol. The lowest BCUT2D eigenvalue weighted by Crippen LogP contribution is -2.34. The number of aryl methyl sites for hydroxylation is 1. The second-order valence-corrected chi connectivity index (χ2v) is 12.7. The van der Waals surface area contributed by atoms with Crippen molar-refractivity contribution in [2.24, 2.45) is 0 Å². The summed E-state index contributed by atoms with van der Waals surface area (Å²) in [5.74, 6) is 0.888. The third-order valence-electron chi connectivity index (χ3n) is 8.81. The van der Waals surface area contributed by atoms with Crippen molar-refractivity contribution in [3.8, 4) is 5.75 Å². The molecule has 0 aliphatic rings. The molecular formula is C45H60O7. The zero-order valence-electron chi connectivity index (χ0n) is 31.3. The minimum Gasteiger partial charge on any atom is -0.491 e. The Hall–Kier alpha value is -3.56. The van der Waals surface area contributed by atoms with Crippen molar-refractivity contribution in [3.05, 3.63) is 138 Å². The predicted octanol–water partition coefficient (Wildman–Crippen LogP) is 9.06. The van der Waals surface area contributed by atoms with Crippen molar-refractivity contribution in [1.29, 1.82) is 0 Å². The number of benzene rings is 4. The topological polar surface area (TPSA) is 64.6 Å². The van der Waals surface area contributed by atoms with E-state index in [2.05, 4.69) is 104 Å². The summed E-state index contributed by atoms with van der Waals surface area (Å²) in [4.78, 5) is 0. The van der Waals surface area contributed by atoms with E-state index in [4.69, 9.17) is 33.2 Å². The fourth-order valence-electron chi connectivity index (χ4n) is 6.08. The average molecular weight is 713 g/mol. The van der Waals surface area contributed by atoms with Gasteiger partial charge in [-0.15, -0.1) is 0 Å². The normalized spacial score (nSPS) is 11.6. The fraction of sp³-hybridized carbons (Fsp3) is 0.467. The minimum absolute atomic E-state index is 0.425. The van der Waals surface area contributed by atoms with E-state index in [9.17, 15) is 0 Å². The Kier molecular flexibility index (Phi) is 20.8. The highest BCUT2D eigenvalue weighted by molar-refractivity contribution is 5.47. The Morgan fingerprint density at radius 1 is 0.385 bits per heavy atom. The lowest BCUT2D eigenvalue weighted by atomic mass is 9.80. The maximum atomic E-state index is 6.74. The quantitative estimate of drug-likeness (QED) is 0.0395. The lowest BCUT2D eigenvalue weighted by Gasteiger charge is -2.36. The van der Waals surface area contributed by atoms with E-state index in [1.807, 2.05) is 18.2 Å². The van der Waals surface area contributed by atoms with Gasteiger partial charge in [0.1, 0.15) is 18.0 Å².